The number of amides is 1. The second kappa shape index (κ2) is 9.02. The molecular formula is C19H29FN2O5Si. The van der Waals surface area contributed by atoms with Crippen LogP contribution in [0, 0.1) is 5.82 Å². The van der Waals surface area contributed by atoms with E-state index in [1.807, 2.05) is 0 Å². The van der Waals surface area contributed by atoms with Crippen LogP contribution in [0.3, 0.4) is 0 Å². The van der Waals surface area contributed by atoms with Gasteiger partial charge in [-0.3, -0.25) is 4.79 Å². The van der Waals surface area contributed by atoms with E-state index in [0.717, 1.165) is 12.1 Å². The summed E-state index contributed by atoms with van der Waals surface area (Å²) in [5.74, 6) is -2.27. The molecule has 9 heteroatoms. The Morgan fingerprint density at radius 1 is 1.39 bits per heavy atom. The van der Waals surface area contributed by atoms with Gasteiger partial charge in [0.1, 0.15) is 12.5 Å². The van der Waals surface area contributed by atoms with Crippen LogP contribution in [-0.4, -0.2) is 69.1 Å². The topological polar surface area (TPSA) is 88.1 Å². The quantitative estimate of drug-likeness (QED) is 0.368. The summed E-state index contributed by atoms with van der Waals surface area (Å²) in [6, 6.07) is 4.97. The minimum Gasteiger partial charge on any atom is -0.479 e. The van der Waals surface area contributed by atoms with Gasteiger partial charge in [-0.15, -0.1) is 0 Å². The van der Waals surface area contributed by atoms with Crippen LogP contribution in [0.5, 0.6) is 0 Å². The van der Waals surface area contributed by atoms with Gasteiger partial charge in [-0.25, -0.2) is 9.18 Å². The zero-order valence-electron chi connectivity index (χ0n) is 16.9. The number of rotatable bonds is 9. The summed E-state index contributed by atoms with van der Waals surface area (Å²) < 4.78 is 25.2. The number of carboxylic acids is 1. The van der Waals surface area contributed by atoms with Gasteiger partial charge in [0.2, 0.25) is 0 Å². The highest BCUT2D eigenvalue weighted by Crippen LogP contribution is 2.26. The number of carbonyl (C=O) groups is 2. The summed E-state index contributed by atoms with van der Waals surface area (Å²) in [7, 11) is 0.342. The van der Waals surface area contributed by atoms with E-state index in [9.17, 15) is 19.1 Å². The predicted molar refractivity (Wildman–Crippen MR) is 107 cm³/mol. The van der Waals surface area contributed by atoms with Crippen molar-refractivity contribution in [1.29, 1.82) is 0 Å². The van der Waals surface area contributed by atoms with Crippen LogP contribution in [0.4, 0.5) is 10.1 Å². The third kappa shape index (κ3) is 5.76. The minimum absolute atomic E-state index is 0.00212. The van der Waals surface area contributed by atoms with Crippen molar-refractivity contribution in [3.8, 4) is 0 Å². The predicted octanol–water partition coefficient (Wildman–Crippen LogP) is 2.87. The maximum absolute atomic E-state index is 14.5. The van der Waals surface area contributed by atoms with Crippen molar-refractivity contribution < 1.29 is 28.6 Å². The zero-order chi connectivity index (χ0) is 20.9. The number of halogens is 1. The molecule has 0 saturated carbocycles. The van der Waals surface area contributed by atoms with E-state index in [1.165, 1.54) is 17.0 Å². The Morgan fingerprint density at radius 2 is 2.11 bits per heavy atom. The smallest absolute Gasteiger partial charge is 0.331 e. The normalized spacial score (nSPS) is 19.5. The van der Waals surface area contributed by atoms with Crippen LogP contribution in [0.2, 0.25) is 25.7 Å². The lowest BCUT2D eigenvalue weighted by molar-refractivity contribution is -0.142. The van der Waals surface area contributed by atoms with E-state index < -0.39 is 31.3 Å². The molecule has 1 heterocycles. The van der Waals surface area contributed by atoms with Crippen molar-refractivity contribution >= 4 is 25.6 Å². The molecule has 1 amide bonds. The molecule has 1 atom stereocenters. The molecule has 1 aliphatic heterocycles. The molecule has 0 aromatic heterocycles. The molecule has 2 rings (SSSR count). The fourth-order valence-corrected chi connectivity index (χ4v) is 3.53. The Labute approximate surface area is 165 Å². The molecule has 1 aliphatic rings. The molecule has 0 unspecified atom stereocenters. The molecule has 0 radical (unpaired) electrons. The maximum Gasteiger partial charge on any atom is 0.331 e. The van der Waals surface area contributed by atoms with Crippen molar-refractivity contribution in [3.05, 3.63) is 29.6 Å². The first-order valence-corrected chi connectivity index (χ1v) is 13.0. The lowest BCUT2D eigenvalue weighted by Crippen LogP contribution is -2.47. The SMILES string of the molecule is CN(COCC[Si](C)(C)C)C(=O)c1ccc(N[C@]2(C(=O)O)CCOC2)cc1F. The molecule has 7 nitrogen and oxygen atoms in total. The van der Waals surface area contributed by atoms with Gasteiger partial charge in [0, 0.05) is 40.4 Å². The van der Waals surface area contributed by atoms with Gasteiger partial charge >= 0.3 is 5.97 Å². The lowest BCUT2D eigenvalue weighted by atomic mass is 9.98. The van der Waals surface area contributed by atoms with Crippen molar-refractivity contribution in [2.24, 2.45) is 0 Å². The molecule has 1 saturated heterocycles. The Kier molecular flexibility index (Phi) is 7.19. The third-order valence-electron chi connectivity index (χ3n) is 4.64. The Morgan fingerprint density at radius 3 is 2.64 bits per heavy atom. The van der Waals surface area contributed by atoms with Crippen LogP contribution in [0.1, 0.15) is 16.8 Å². The first kappa shape index (κ1) is 22.3. The van der Waals surface area contributed by atoms with Gasteiger partial charge in [-0.05, 0) is 24.2 Å². The first-order chi connectivity index (χ1) is 13.0. The summed E-state index contributed by atoms with van der Waals surface area (Å²) in [5, 5.41) is 12.3. The van der Waals surface area contributed by atoms with E-state index in [0.29, 0.717) is 13.2 Å². The number of carbonyl (C=O) groups excluding carboxylic acids is 1. The molecular weight excluding hydrogens is 383 g/mol. The van der Waals surface area contributed by atoms with E-state index in [4.69, 9.17) is 9.47 Å². The highest BCUT2D eigenvalue weighted by molar-refractivity contribution is 6.76. The second-order valence-corrected chi connectivity index (χ2v) is 14.0. The summed E-state index contributed by atoms with van der Waals surface area (Å²) >= 11 is 0. The number of anilines is 1. The van der Waals surface area contributed by atoms with Crippen molar-refractivity contribution in [3.63, 3.8) is 0 Å². The molecule has 0 spiro atoms. The number of benzene rings is 1. The average molecular weight is 413 g/mol. The first-order valence-electron chi connectivity index (χ1n) is 9.26. The van der Waals surface area contributed by atoms with Crippen LogP contribution < -0.4 is 5.32 Å². The molecule has 0 bridgehead atoms. The highest BCUT2D eigenvalue weighted by atomic mass is 28.3. The van der Waals surface area contributed by atoms with E-state index >= 15 is 0 Å². The third-order valence-corrected chi connectivity index (χ3v) is 6.35. The van der Waals surface area contributed by atoms with E-state index in [1.54, 1.807) is 7.05 Å². The van der Waals surface area contributed by atoms with Crippen LogP contribution in [0.25, 0.3) is 0 Å². The number of carboxylic acid groups (broad SMARTS) is 1. The minimum atomic E-state index is -1.28. The number of hydrogen-bond acceptors (Lipinski definition) is 5. The molecule has 0 aliphatic carbocycles. The summed E-state index contributed by atoms with van der Waals surface area (Å²) in [4.78, 5) is 25.3. The highest BCUT2D eigenvalue weighted by Gasteiger charge is 2.42. The van der Waals surface area contributed by atoms with Crippen molar-refractivity contribution in [2.45, 2.75) is 37.6 Å². The van der Waals surface area contributed by atoms with Crippen LogP contribution in [-0.2, 0) is 14.3 Å². The molecule has 2 N–H and O–H groups in total. The largest absolute Gasteiger partial charge is 0.479 e. The fourth-order valence-electron chi connectivity index (χ4n) is 2.77. The van der Waals surface area contributed by atoms with Gasteiger partial charge in [-0.2, -0.15) is 0 Å². The molecule has 1 aromatic rings. The fraction of sp³-hybridized carbons (Fsp3) is 0.579. The lowest BCUT2D eigenvalue weighted by Gasteiger charge is -2.25. The maximum atomic E-state index is 14.5. The second-order valence-electron chi connectivity index (χ2n) is 8.36. The van der Waals surface area contributed by atoms with Crippen LogP contribution >= 0.6 is 0 Å². The van der Waals surface area contributed by atoms with Gasteiger partial charge in [-0.1, -0.05) is 19.6 Å². The number of nitrogens with zero attached hydrogens (tertiary/aromatic N) is 1. The molecule has 28 heavy (non-hydrogen) atoms. The summed E-state index contributed by atoms with van der Waals surface area (Å²) in [6.07, 6.45) is 0.280. The number of hydrogen-bond donors (Lipinski definition) is 2. The monoisotopic (exact) mass is 412 g/mol. The summed E-state index contributed by atoms with van der Waals surface area (Å²) in [5.41, 5.74) is -1.08. The van der Waals surface area contributed by atoms with Crippen LogP contribution in [0.15, 0.2) is 18.2 Å². The van der Waals surface area contributed by atoms with Gasteiger partial charge in [0.15, 0.2) is 5.54 Å². The average Bonchev–Trinajstić information content (AvgIpc) is 3.07. The van der Waals surface area contributed by atoms with E-state index in [2.05, 4.69) is 25.0 Å². The van der Waals surface area contributed by atoms with Crippen molar-refractivity contribution in [1.82, 2.24) is 4.90 Å². The molecule has 156 valence electrons. The Bertz CT molecular complexity index is 717. The standard InChI is InChI=1S/C19H29FN2O5Si/c1-22(13-27-9-10-28(2,3)4)17(23)15-6-5-14(11-16(15)20)21-19(18(24)25)7-8-26-12-19/h5-6,11,21H,7-10,12-13H2,1-4H3,(H,24,25)/t19-/m1/s1. The number of aliphatic carboxylic acids is 1. The van der Waals surface area contributed by atoms with E-state index in [-0.39, 0.29) is 31.0 Å². The number of nitrogens with one attached hydrogen (secondary N) is 1. The Balaban J connectivity index is 1.99. The van der Waals surface area contributed by atoms with Crippen molar-refractivity contribution in [2.75, 3.05) is 38.9 Å². The molecule has 1 aromatic carbocycles. The molecule has 1 fully saturated rings. The zero-order valence-corrected chi connectivity index (χ0v) is 17.9. The summed E-state index contributed by atoms with van der Waals surface area (Å²) in [6.45, 7) is 7.69. The van der Waals surface area contributed by atoms with Gasteiger partial charge in [0.25, 0.3) is 5.91 Å². The number of ether oxygens (including phenoxy) is 2. The Hall–Kier alpha value is -1.97. The van der Waals surface area contributed by atoms with Gasteiger partial charge < -0.3 is 24.8 Å². The van der Waals surface area contributed by atoms with Gasteiger partial charge in [0.05, 0.1) is 12.2 Å².